The molecule has 1 atom stereocenters. The SMILES string of the molecule is Cn1ccc(C(=O)N2CCCC(Cc3ccccc3-c3cncnc3)(C(N)=O)C2)n1. The lowest BCUT2D eigenvalue weighted by Crippen LogP contribution is -2.53. The van der Waals surface area contributed by atoms with Gasteiger partial charge >= 0.3 is 0 Å². The lowest BCUT2D eigenvalue weighted by atomic mass is 9.73. The summed E-state index contributed by atoms with van der Waals surface area (Å²) in [6.07, 6.45) is 8.50. The molecule has 2 aromatic heterocycles. The van der Waals surface area contributed by atoms with Crippen molar-refractivity contribution in [1.82, 2.24) is 24.6 Å². The molecule has 154 valence electrons. The molecule has 1 aliphatic rings. The molecule has 0 saturated carbocycles. The summed E-state index contributed by atoms with van der Waals surface area (Å²) in [6, 6.07) is 9.56. The quantitative estimate of drug-likeness (QED) is 0.698. The first-order chi connectivity index (χ1) is 14.5. The molecule has 1 unspecified atom stereocenters. The molecule has 8 heteroatoms. The van der Waals surface area contributed by atoms with Crippen molar-refractivity contribution in [3.63, 3.8) is 0 Å². The maximum absolute atomic E-state index is 12.9. The van der Waals surface area contributed by atoms with Gasteiger partial charge in [-0.15, -0.1) is 0 Å². The Morgan fingerprint density at radius 1 is 1.17 bits per heavy atom. The molecule has 0 bridgehead atoms. The third kappa shape index (κ3) is 3.80. The average molecular weight is 404 g/mol. The van der Waals surface area contributed by atoms with Crippen LogP contribution in [-0.4, -0.2) is 49.6 Å². The lowest BCUT2D eigenvalue weighted by Gasteiger charge is -2.41. The standard InChI is InChI=1S/C22H24N6O2/c1-27-10-7-19(26-27)20(29)28-9-4-8-22(14-28,21(23)30)11-16-5-2-3-6-18(16)17-12-24-15-25-13-17/h2-3,5-7,10,12-13,15H,4,8-9,11,14H2,1H3,(H2,23,30). The predicted octanol–water partition coefficient (Wildman–Crippen LogP) is 1.83. The molecule has 2 N–H and O–H groups in total. The van der Waals surface area contributed by atoms with E-state index in [-0.39, 0.29) is 18.4 Å². The van der Waals surface area contributed by atoms with E-state index in [0.29, 0.717) is 31.5 Å². The number of carbonyl (C=O) groups excluding carboxylic acids is 2. The molecule has 2 amide bonds. The van der Waals surface area contributed by atoms with E-state index in [2.05, 4.69) is 15.1 Å². The van der Waals surface area contributed by atoms with Crippen LogP contribution >= 0.6 is 0 Å². The van der Waals surface area contributed by atoms with Gasteiger partial charge in [0.15, 0.2) is 0 Å². The number of nitrogens with zero attached hydrogens (tertiary/aromatic N) is 5. The summed E-state index contributed by atoms with van der Waals surface area (Å²) in [6.45, 7) is 0.857. The molecule has 1 aliphatic heterocycles. The summed E-state index contributed by atoms with van der Waals surface area (Å²) >= 11 is 0. The molecule has 0 spiro atoms. The van der Waals surface area contributed by atoms with Gasteiger partial charge in [0.2, 0.25) is 5.91 Å². The number of hydrogen-bond donors (Lipinski definition) is 1. The Morgan fingerprint density at radius 3 is 2.63 bits per heavy atom. The number of primary amides is 1. The van der Waals surface area contributed by atoms with Gasteiger partial charge in [0.25, 0.3) is 5.91 Å². The molecule has 0 aliphatic carbocycles. The number of aromatic nitrogens is 4. The lowest BCUT2D eigenvalue weighted by molar-refractivity contribution is -0.130. The van der Waals surface area contributed by atoms with Crippen molar-refractivity contribution in [1.29, 1.82) is 0 Å². The monoisotopic (exact) mass is 404 g/mol. The van der Waals surface area contributed by atoms with Gasteiger partial charge in [-0.05, 0) is 36.5 Å². The zero-order valence-corrected chi connectivity index (χ0v) is 16.9. The average Bonchev–Trinajstić information content (AvgIpc) is 3.20. The maximum atomic E-state index is 12.9. The molecule has 4 rings (SSSR count). The van der Waals surface area contributed by atoms with Crippen LogP contribution in [0.5, 0.6) is 0 Å². The smallest absolute Gasteiger partial charge is 0.274 e. The number of amides is 2. The normalized spacial score (nSPS) is 18.9. The van der Waals surface area contributed by atoms with Gasteiger partial charge in [0.1, 0.15) is 12.0 Å². The van der Waals surface area contributed by atoms with Crippen molar-refractivity contribution in [2.45, 2.75) is 19.3 Å². The van der Waals surface area contributed by atoms with Gasteiger partial charge in [-0.25, -0.2) is 9.97 Å². The Balaban J connectivity index is 1.64. The van der Waals surface area contributed by atoms with Gasteiger partial charge < -0.3 is 10.6 Å². The topological polar surface area (TPSA) is 107 Å². The van der Waals surface area contributed by atoms with Crippen LogP contribution in [0, 0.1) is 5.41 Å². The largest absolute Gasteiger partial charge is 0.369 e. The van der Waals surface area contributed by atoms with E-state index in [1.165, 1.54) is 6.33 Å². The van der Waals surface area contributed by atoms with Crippen LogP contribution in [0.25, 0.3) is 11.1 Å². The first-order valence-corrected chi connectivity index (χ1v) is 9.91. The molecule has 1 saturated heterocycles. The number of rotatable bonds is 5. The predicted molar refractivity (Wildman–Crippen MR) is 111 cm³/mol. The summed E-state index contributed by atoms with van der Waals surface area (Å²) in [5, 5.41) is 4.21. The van der Waals surface area contributed by atoms with Crippen molar-refractivity contribution in [3.05, 3.63) is 66.5 Å². The van der Waals surface area contributed by atoms with E-state index < -0.39 is 5.41 Å². The van der Waals surface area contributed by atoms with Crippen LogP contribution in [0.15, 0.2) is 55.2 Å². The van der Waals surface area contributed by atoms with Gasteiger partial charge in [-0.1, -0.05) is 24.3 Å². The molecule has 30 heavy (non-hydrogen) atoms. The second-order valence-corrected chi connectivity index (χ2v) is 7.81. The van der Waals surface area contributed by atoms with Crippen molar-refractivity contribution in [2.75, 3.05) is 13.1 Å². The number of aryl methyl sites for hydroxylation is 1. The first-order valence-electron chi connectivity index (χ1n) is 9.91. The second kappa shape index (κ2) is 8.06. The Morgan fingerprint density at radius 2 is 1.93 bits per heavy atom. The molecule has 8 nitrogen and oxygen atoms in total. The minimum absolute atomic E-state index is 0.175. The number of likely N-dealkylation sites (tertiary alicyclic amines) is 1. The van der Waals surface area contributed by atoms with E-state index in [0.717, 1.165) is 16.7 Å². The van der Waals surface area contributed by atoms with Crippen LogP contribution in [0.4, 0.5) is 0 Å². The third-order valence-electron chi connectivity index (χ3n) is 5.74. The van der Waals surface area contributed by atoms with Crippen LogP contribution in [0.2, 0.25) is 0 Å². The Kier molecular flexibility index (Phi) is 5.31. The fourth-order valence-corrected chi connectivity index (χ4v) is 4.19. The Hall–Kier alpha value is -3.55. The summed E-state index contributed by atoms with van der Waals surface area (Å²) in [7, 11) is 1.77. The summed E-state index contributed by atoms with van der Waals surface area (Å²) in [5.74, 6) is -0.564. The minimum Gasteiger partial charge on any atom is -0.369 e. The van der Waals surface area contributed by atoms with Crippen LogP contribution in [0.1, 0.15) is 28.9 Å². The van der Waals surface area contributed by atoms with Crippen LogP contribution in [-0.2, 0) is 18.3 Å². The first kappa shape index (κ1) is 19.8. The van der Waals surface area contributed by atoms with Crippen LogP contribution in [0.3, 0.4) is 0 Å². The minimum atomic E-state index is -0.839. The summed E-state index contributed by atoms with van der Waals surface area (Å²) in [5.41, 5.74) is 8.29. The Labute approximate surface area is 174 Å². The van der Waals surface area contributed by atoms with Gasteiger partial charge in [-0.3, -0.25) is 14.3 Å². The van der Waals surface area contributed by atoms with Gasteiger partial charge in [-0.2, -0.15) is 5.10 Å². The number of benzene rings is 1. The molecule has 3 aromatic rings. The number of piperidine rings is 1. The molecular weight excluding hydrogens is 380 g/mol. The maximum Gasteiger partial charge on any atom is 0.274 e. The van der Waals surface area contributed by atoms with E-state index in [1.807, 2.05) is 24.3 Å². The fraction of sp³-hybridized carbons (Fsp3) is 0.318. The fourth-order valence-electron chi connectivity index (χ4n) is 4.19. The molecule has 1 aromatic carbocycles. The molecule has 0 radical (unpaired) electrons. The summed E-state index contributed by atoms with van der Waals surface area (Å²) < 4.78 is 1.59. The highest BCUT2D eigenvalue weighted by Gasteiger charge is 2.43. The molecule has 1 fully saturated rings. The zero-order valence-electron chi connectivity index (χ0n) is 16.9. The zero-order chi connectivity index (χ0) is 21.1. The highest BCUT2D eigenvalue weighted by Crippen LogP contribution is 2.36. The number of hydrogen-bond acceptors (Lipinski definition) is 5. The van der Waals surface area contributed by atoms with Crippen molar-refractivity contribution in [2.24, 2.45) is 18.2 Å². The molecular formula is C22H24N6O2. The second-order valence-electron chi connectivity index (χ2n) is 7.81. The Bertz CT molecular complexity index is 1060. The highest BCUT2D eigenvalue weighted by molar-refractivity contribution is 5.93. The van der Waals surface area contributed by atoms with E-state index in [4.69, 9.17) is 5.73 Å². The van der Waals surface area contributed by atoms with Crippen molar-refractivity contribution < 1.29 is 9.59 Å². The van der Waals surface area contributed by atoms with E-state index in [1.54, 1.807) is 41.3 Å². The van der Waals surface area contributed by atoms with Gasteiger partial charge in [0.05, 0.1) is 5.41 Å². The number of carbonyl (C=O) groups is 2. The molecule has 3 heterocycles. The van der Waals surface area contributed by atoms with Crippen molar-refractivity contribution >= 4 is 11.8 Å². The third-order valence-corrected chi connectivity index (χ3v) is 5.74. The van der Waals surface area contributed by atoms with Gasteiger partial charge in [0, 0.05) is 44.3 Å². The number of nitrogens with two attached hydrogens (primary N) is 1. The van der Waals surface area contributed by atoms with Crippen molar-refractivity contribution in [3.8, 4) is 11.1 Å². The van der Waals surface area contributed by atoms with E-state index in [9.17, 15) is 9.59 Å². The van der Waals surface area contributed by atoms with E-state index >= 15 is 0 Å². The highest BCUT2D eigenvalue weighted by atomic mass is 16.2. The van der Waals surface area contributed by atoms with Crippen LogP contribution < -0.4 is 5.73 Å². The summed E-state index contributed by atoms with van der Waals surface area (Å²) in [4.78, 5) is 35.5.